The first kappa shape index (κ1) is 17.8. The van der Waals surface area contributed by atoms with E-state index in [-0.39, 0.29) is 11.3 Å². The molecule has 0 aromatic carbocycles. The van der Waals surface area contributed by atoms with Gasteiger partial charge in [-0.2, -0.15) is 0 Å². The number of nitrogens with two attached hydrogens (primary N) is 1. The highest BCUT2D eigenvalue weighted by atomic mass is 16.2. The fourth-order valence-corrected chi connectivity index (χ4v) is 2.78. The molecule has 1 amide bonds. The van der Waals surface area contributed by atoms with Crippen LogP contribution in [0.1, 0.15) is 38.5 Å². The number of terminal acetylenes is 1. The van der Waals surface area contributed by atoms with Gasteiger partial charge in [-0.15, -0.1) is 12.8 Å². The number of nitrogens with one attached hydrogen (secondary N) is 1. The minimum Gasteiger partial charge on any atom is -0.399 e. The van der Waals surface area contributed by atoms with E-state index < -0.39 is 0 Å². The summed E-state index contributed by atoms with van der Waals surface area (Å²) >= 11 is 0. The van der Waals surface area contributed by atoms with Crippen molar-refractivity contribution in [2.24, 2.45) is 16.1 Å². The Morgan fingerprint density at radius 2 is 2.05 bits per heavy atom. The van der Waals surface area contributed by atoms with Crippen LogP contribution in [0, 0.1) is 18.3 Å². The lowest BCUT2D eigenvalue weighted by Crippen LogP contribution is -2.41. The van der Waals surface area contributed by atoms with Gasteiger partial charge in [-0.3, -0.25) is 9.79 Å². The second kappa shape index (κ2) is 9.62. The van der Waals surface area contributed by atoms with Gasteiger partial charge in [0.1, 0.15) is 6.67 Å². The molecule has 0 radical (unpaired) electrons. The van der Waals surface area contributed by atoms with Gasteiger partial charge in [0.25, 0.3) is 0 Å². The van der Waals surface area contributed by atoms with E-state index in [1.54, 1.807) is 6.21 Å². The van der Waals surface area contributed by atoms with Crippen molar-refractivity contribution in [1.29, 1.82) is 0 Å². The summed E-state index contributed by atoms with van der Waals surface area (Å²) < 4.78 is 0. The molecule has 4 heteroatoms. The van der Waals surface area contributed by atoms with E-state index in [0.717, 1.165) is 44.2 Å². The maximum Gasteiger partial charge on any atom is 0.227 e. The summed E-state index contributed by atoms with van der Waals surface area (Å²) in [5.74, 6) is 0.123. The molecule has 0 bridgehead atoms. The third-order valence-electron chi connectivity index (χ3n) is 3.99. The van der Waals surface area contributed by atoms with Crippen molar-refractivity contribution in [3.63, 3.8) is 0 Å². The van der Waals surface area contributed by atoms with E-state index in [0.29, 0.717) is 6.67 Å². The van der Waals surface area contributed by atoms with Crippen molar-refractivity contribution in [3.05, 3.63) is 36.1 Å². The second-order valence-corrected chi connectivity index (χ2v) is 5.45. The molecule has 1 aliphatic heterocycles. The number of hydrogen-bond donors (Lipinski definition) is 2. The molecule has 118 valence electrons. The monoisotopic (exact) mass is 299 g/mol. The van der Waals surface area contributed by atoms with Crippen molar-refractivity contribution < 1.29 is 4.79 Å². The van der Waals surface area contributed by atoms with Gasteiger partial charge in [-0.25, -0.2) is 0 Å². The minimum absolute atomic E-state index is 0.123. The van der Waals surface area contributed by atoms with Crippen LogP contribution in [0.25, 0.3) is 0 Å². The third-order valence-corrected chi connectivity index (χ3v) is 3.99. The zero-order valence-corrected chi connectivity index (χ0v) is 13.0. The van der Waals surface area contributed by atoms with E-state index in [1.165, 1.54) is 0 Å². The first-order chi connectivity index (χ1) is 10.7. The van der Waals surface area contributed by atoms with Crippen LogP contribution in [0.4, 0.5) is 0 Å². The number of rotatable bonds is 0. The molecule has 0 aromatic rings. The summed E-state index contributed by atoms with van der Waals surface area (Å²) in [6.45, 7) is 0.364. The summed E-state index contributed by atoms with van der Waals surface area (Å²) in [6.07, 6.45) is 25.1. The van der Waals surface area contributed by atoms with Crippen LogP contribution >= 0.6 is 0 Å². The predicted molar refractivity (Wildman–Crippen MR) is 92.1 cm³/mol. The summed E-state index contributed by atoms with van der Waals surface area (Å²) in [5.41, 5.74) is 6.37. The first-order valence-corrected chi connectivity index (χ1v) is 7.62. The molecule has 0 aromatic heterocycles. The Balaban J connectivity index is 0.00000116. The number of allylic oxidation sites excluding steroid dienone is 5. The van der Waals surface area contributed by atoms with Crippen molar-refractivity contribution in [1.82, 2.24) is 5.32 Å². The van der Waals surface area contributed by atoms with Gasteiger partial charge in [0.05, 0.1) is 5.41 Å². The molecule has 2 aliphatic rings. The molecule has 1 spiro atoms. The van der Waals surface area contributed by atoms with Crippen LogP contribution in [-0.4, -0.2) is 18.8 Å². The van der Waals surface area contributed by atoms with E-state index in [2.05, 4.69) is 35.3 Å². The van der Waals surface area contributed by atoms with Gasteiger partial charge in [-0.1, -0.05) is 18.2 Å². The number of carbonyl (C=O) groups is 1. The van der Waals surface area contributed by atoms with Crippen LogP contribution < -0.4 is 11.1 Å². The maximum atomic E-state index is 12.6. The van der Waals surface area contributed by atoms with Gasteiger partial charge < -0.3 is 11.1 Å². The van der Waals surface area contributed by atoms with Crippen LogP contribution in [0.5, 0.6) is 0 Å². The van der Waals surface area contributed by atoms with Gasteiger partial charge in [0, 0.05) is 11.9 Å². The quantitative estimate of drug-likeness (QED) is 0.675. The van der Waals surface area contributed by atoms with Crippen LogP contribution in [-0.2, 0) is 4.79 Å². The van der Waals surface area contributed by atoms with E-state index in [1.807, 2.05) is 18.2 Å². The second-order valence-electron chi connectivity index (χ2n) is 5.45. The SMILES string of the molecule is C#C.NC1=C/CCC2(C/C=C\C=N/CNC2=O)CCC/C=C\1. The molecule has 1 heterocycles. The minimum atomic E-state index is -0.327. The molecule has 1 atom stereocenters. The molecule has 1 unspecified atom stereocenters. The summed E-state index contributed by atoms with van der Waals surface area (Å²) in [6, 6.07) is 0. The Morgan fingerprint density at radius 3 is 2.86 bits per heavy atom. The maximum absolute atomic E-state index is 12.6. The lowest BCUT2D eigenvalue weighted by molar-refractivity contribution is -0.131. The number of carbonyl (C=O) groups excluding carboxylic acids is 1. The molecule has 3 N–H and O–H groups in total. The topological polar surface area (TPSA) is 67.5 Å². The summed E-state index contributed by atoms with van der Waals surface area (Å²) in [5, 5.41) is 2.93. The van der Waals surface area contributed by atoms with Gasteiger partial charge >= 0.3 is 0 Å². The highest BCUT2D eigenvalue weighted by molar-refractivity contribution is 5.83. The Morgan fingerprint density at radius 1 is 1.23 bits per heavy atom. The number of nitrogens with zero attached hydrogens (tertiary/aromatic N) is 1. The van der Waals surface area contributed by atoms with Crippen LogP contribution in [0.3, 0.4) is 0 Å². The molecule has 2 rings (SSSR count). The average molecular weight is 299 g/mol. The van der Waals surface area contributed by atoms with Crippen molar-refractivity contribution in [3.8, 4) is 12.8 Å². The molecule has 0 saturated carbocycles. The van der Waals surface area contributed by atoms with Crippen molar-refractivity contribution in [2.75, 3.05) is 6.67 Å². The molecule has 0 fully saturated rings. The van der Waals surface area contributed by atoms with Gasteiger partial charge in [0.15, 0.2) is 0 Å². The Labute approximate surface area is 133 Å². The first-order valence-electron chi connectivity index (χ1n) is 7.62. The fourth-order valence-electron chi connectivity index (χ4n) is 2.78. The largest absolute Gasteiger partial charge is 0.399 e. The van der Waals surface area contributed by atoms with E-state index in [4.69, 9.17) is 5.73 Å². The molecule has 0 saturated heterocycles. The zero-order chi connectivity index (χ0) is 16.3. The third kappa shape index (κ3) is 5.25. The van der Waals surface area contributed by atoms with Crippen LogP contribution in [0.2, 0.25) is 0 Å². The molecule has 4 nitrogen and oxygen atoms in total. The lowest BCUT2D eigenvalue weighted by Gasteiger charge is -2.31. The van der Waals surface area contributed by atoms with Crippen molar-refractivity contribution >= 4 is 12.1 Å². The fraction of sp³-hybridized carbons (Fsp3) is 0.444. The Hall–Kier alpha value is -2.28. The average Bonchev–Trinajstić information content (AvgIpc) is 2.62. The zero-order valence-electron chi connectivity index (χ0n) is 13.0. The smallest absolute Gasteiger partial charge is 0.227 e. The highest BCUT2D eigenvalue weighted by Gasteiger charge is 2.36. The standard InChI is InChI=1S/C16H23N3O.C2H2/c17-14-7-2-1-3-9-16(11-6-8-14)10-4-5-12-18-13-19-15(16)20;1-2/h2,4-5,7-8,12H,1,3,6,9-11,13,17H2,(H,19,20);1-2H/b5-4-,7-2-,14-8+,18-12-;. The number of aliphatic imine (C=N–C) groups is 1. The lowest BCUT2D eigenvalue weighted by atomic mass is 9.74. The molecular formula is C18H25N3O. The van der Waals surface area contributed by atoms with Gasteiger partial charge in [-0.05, 0) is 50.7 Å². The molecular weight excluding hydrogens is 274 g/mol. The van der Waals surface area contributed by atoms with E-state index in [9.17, 15) is 4.79 Å². The highest BCUT2D eigenvalue weighted by Crippen LogP contribution is 2.36. The Bertz CT molecular complexity index is 500. The molecule has 22 heavy (non-hydrogen) atoms. The predicted octanol–water partition coefficient (Wildman–Crippen LogP) is 2.69. The van der Waals surface area contributed by atoms with Crippen molar-refractivity contribution in [2.45, 2.75) is 38.5 Å². The van der Waals surface area contributed by atoms with Crippen LogP contribution in [0.15, 0.2) is 41.1 Å². The Kier molecular flexibility index (Phi) is 7.77. The number of hydrogen-bond acceptors (Lipinski definition) is 3. The summed E-state index contributed by atoms with van der Waals surface area (Å²) in [7, 11) is 0. The van der Waals surface area contributed by atoms with Gasteiger partial charge in [0.2, 0.25) is 5.91 Å². The number of amides is 1. The molecule has 1 aliphatic carbocycles. The normalized spacial score (nSPS) is 32.5. The van der Waals surface area contributed by atoms with E-state index >= 15 is 0 Å². The summed E-state index contributed by atoms with van der Waals surface area (Å²) in [4.78, 5) is 16.7.